The van der Waals surface area contributed by atoms with Crippen molar-refractivity contribution >= 4 is 0 Å². The molecular weight excluding hydrogens is 306 g/mol. The zero-order chi connectivity index (χ0) is 18.0. The van der Waals surface area contributed by atoms with Gasteiger partial charge in [-0.05, 0) is 38.0 Å². The van der Waals surface area contributed by atoms with Crippen LogP contribution in [0.15, 0.2) is 12.4 Å². The Hall–Kier alpha value is -1.43. The predicted octanol–water partition coefficient (Wildman–Crippen LogP) is 6.13. The molecule has 0 atom stereocenters. The van der Waals surface area contributed by atoms with E-state index < -0.39 is 0 Å². The van der Waals surface area contributed by atoms with Gasteiger partial charge in [0.1, 0.15) is 5.82 Å². The van der Waals surface area contributed by atoms with E-state index in [2.05, 4.69) is 29.9 Å². The minimum absolute atomic E-state index is 0.345. The highest BCUT2D eigenvalue weighted by atomic mass is 14.9. The lowest BCUT2D eigenvalue weighted by Crippen LogP contribution is -2.30. The van der Waals surface area contributed by atoms with Gasteiger partial charge in [0, 0.05) is 24.4 Å². The van der Waals surface area contributed by atoms with E-state index in [1.165, 1.54) is 64.2 Å². The molecule has 1 heterocycles. The molecule has 2 rings (SSSR count). The molecule has 0 saturated heterocycles. The standard InChI is InChI=1S/C22H35N3/c1-3-5-7-8-9-11-21-24-16-20(17-25-21)22(18-23)14-12-19(13-15-22)10-6-4-2/h16-17,19H,3-15H2,1-2H3. The van der Waals surface area contributed by atoms with E-state index in [1.54, 1.807) is 0 Å². The Kier molecular flexibility index (Phi) is 8.38. The van der Waals surface area contributed by atoms with Gasteiger partial charge >= 0.3 is 0 Å². The Morgan fingerprint density at radius 1 is 1.00 bits per heavy atom. The SMILES string of the molecule is CCCCCCCc1ncc(C2(C#N)CCC(CCCC)CC2)cn1. The summed E-state index contributed by atoms with van der Waals surface area (Å²) >= 11 is 0. The summed E-state index contributed by atoms with van der Waals surface area (Å²) in [5, 5.41) is 9.84. The van der Waals surface area contributed by atoms with E-state index in [0.717, 1.165) is 36.6 Å². The molecule has 0 spiro atoms. The highest BCUT2D eigenvalue weighted by molar-refractivity contribution is 5.29. The first-order valence-electron chi connectivity index (χ1n) is 10.5. The summed E-state index contributed by atoms with van der Waals surface area (Å²) in [6.45, 7) is 4.50. The molecular formula is C22H35N3. The molecule has 0 aliphatic heterocycles. The summed E-state index contributed by atoms with van der Waals surface area (Å²) in [5.74, 6) is 1.75. The molecule has 0 amide bonds. The van der Waals surface area contributed by atoms with Crippen LogP contribution in [0.25, 0.3) is 0 Å². The second-order valence-electron chi connectivity index (χ2n) is 7.83. The molecule has 1 aliphatic rings. The molecule has 0 aromatic carbocycles. The quantitative estimate of drug-likeness (QED) is 0.481. The van der Waals surface area contributed by atoms with E-state index in [9.17, 15) is 5.26 Å². The monoisotopic (exact) mass is 341 g/mol. The normalized spacial score (nSPS) is 23.3. The second kappa shape index (κ2) is 10.5. The number of hydrogen-bond donors (Lipinski definition) is 0. The van der Waals surface area contributed by atoms with Gasteiger partial charge in [0.2, 0.25) is 0 Å². The lowest BCUT2D eigenvalue weighted by Gasteiger charge is -2.35. The average molecular weight is 342 g/mol. The molecule has 1 aromatic heterocycles. The Balaban J connectivity index is 1.88. The molecule has 1 aromatic rings. The number of nitrogens with zero attached hydrogens (tertiary/aromatic N) is 3. The molecule has 0 unspecified atom stereocenters. The van der Waals surface area contributed by atoms with Crippen molar-refractivity contribution in [1.29, 1.82) is 5.26 Å². The predicted molar refractivity (Wildman–Crippen MR) is 103 cm³/mol. The number of unbranched alkanes of at least 4 members (excludes halogenated alkanes) is 5. The fourth-order valence-electron chi connectivity index (χ4n) is 4.03. The Morgan fingerprint density at radius 2 is 1.64 bits per heavy atom. The maximum atomic E-state index is 9.84. The molecule has 25 heavy (non-hydrogen) atoms. The smallest absolute Gasteiger partial charge is 0.128 e. The van der Waals surface area contributed by atoms with Crippen molar-refractivity contribution < 1.29 is 0 Å². The minimum Gasteiger partial charge on any atom is -0.241 e. The molecule has 0 bridgehead atoms. The highest BCUT2D eigenvalue weighted by Crippen LogP contribution is 2.42. The van der Waals surface area contributed by atoms with Crippen LogP contribution in [0.2, 0.25) is 0 Å². The third kappa shape index (κ3) is 5.80. The number of aryl methyl sites for hydroxylation is 1. The molecule has 3 heteroatoms. The zero-order valence-corrected chi connectivity index (χ0v) is 16.3. The number of rotatable bonds is 10. The van der Waals surface area contributed by atoms with E-state index in [4.69, 9.17) is 0 Å². The van der Waals surface area contributed by atoms with Crippen molar-refractivity contribution in [2.24, 2.45) is 5.92 Å². The second-order valence-corrected chi connectivity index (χ2v) is 7.83. The Bertz CT molecular complexity index is 521. The summed E-state index contributed by atoms with van der Waals surface area (Å²) in [6.07, 6.45) is 19.4. The van der Waals surface area contributed by atoms with Gasteiger partial charge in [0.25, 0.3) is 0 Å². The summed E-state index contributed by atoms with van der Waals surface area (Å²) in [4.78, 5) is 9.14. The van der Waals surface area contributed by atoms with Crippen LogP contribution in [0.3, 0.4) is 0 Å². The van der Waals surface area contributed by atoms with E-state index >= 15 is 0 Å². The summed E-state index contributed by atoms with van der Waals surface area (Å²) in [7, 11) is 0. The molecule has 1 aliphatic carbocycles. The third-order valence-electron chi connectivity index (χ3n) is 5.90. The Morgan fingerprint density at radius 3 is 2.24 bits per heavy atom. The van der Waals surface area contributed by atoms with E-state index in [1.807, 2.05) is 12.4 Å². The van der Waals surface area contributed by atoms with Gasteiger partial charge in [-0.15, -0.1) is 0 Å². The van der Waals surface area contributed by atoms with Crippen LogP contribution in [-0.4, -0.2) is 9.97 Å². The molecule has 1 fully saturated rings. The minimum atomic E-state index is -0.345. The molecule has 1 saturated carbocycles. The summed E-state index contributed by atoms with van der Waals surface area (Å²) in [5.41, 5.74) is 0.696. The number of aromatic nitrogens is 2. The van der Waals surface area contributed by atoms with Gasteiger partial charge in [0.05, 0.1) is 11.5 Å². The first-order chi connectivity index (χ1) is 12.2. The van der Waals surface area contributed by atoms with Gasteiger partial charge in [-0.3, -0.25) is 0 Å². The van der Waals surface area contributed by atoms with Gasteiger partial charge in [-0.2, -0.15) is 5.26 Å². The van der Waals surface area contributed by atoms with E-state index in [-0.39, 0.29) is 5.41 Å². The van der Waals surface area contributed by atoms with Crippen LogP contribution in [-0.2, 0) is 11.8 Å². The largest absolute Gasteiger partial charge is 0.241 e. The lowest BCUT2D eigenvalue weighted by molar-refractivity contribution is 0.262. The van der Waals surface area contributed by atoms with E-state index in [0.29, 0.717) is 0 Å². The van der Waals surface area contributed by atoms with Crippen LogP contribution in [0.4, 0.5) is 0 Å². The van der Waals surface area contributed by atoms with Crippen molar-refractivity contribution in [2.45, 2.75) is 103 Å². The fourth-order valence-corrected chi connectivity index (χ4v) is 4.03. The molecule has 0 radical (unpaired) electrons. The highest BCUT2D eigenvalue weighted by Gasteiger charge is 2.37. The lowest BCUT2D eigenvalue weighted by atomic mass is 9.67. The van der Waals surface area contributed by atoms with Crippen molar-refractivity contribution in [2.75, 3.05) is 0 Å². The number of hydrogen-bond acceptors (Lipinski definition) is 3. The van der Waals surface area contributed by atoms with Crippen LogP contribution in [0.1, 0.15) is 102 Å². The van der Waals surface area contributed by atoms with Gasteiger partial charge in [0.15, 0.2) is 0 Å². The summed E-state index contributed by atoms with van der Waals surface area (Å²) in [6, 6.07) is 2.62. The van der Waals surface area contributed by atoms with Crippen molar-refractivity contribution in [3.05, 3.63) is 23.8 Å². The van der Waals surface area contributed by atoms with Crippen LogP contribution < -0.4 is 0 Å². The van der Waals surface area contributed by atoms with Crippen LogP contribution >= 0.6 is 0 Å². The third-order valence-corrected chi connectivity index (χ3v) is 5.90. The fraction of sp³-hybridized carbons (Fsp3) is 0.773. The topological polar surface area (TPSA) is 49.6 Å². The summed E-state index contributed by atoms with van der Waals surface area (Å²) < 4.78 is 0. The molecule has 0 N–H and O–H groups in total. The maximum absolute atomic E-state index is 9.84. The van der Waals surface area contributed by atoms with Crippen LogP contribution in [0, 0.1) is 17.2 Å². The molecule has 138 valence electrons. The zero-order valence-electron chi connectivity index (χ0n) is 16.3. The van der Waals surface area contributed by atoms with Gasteiger partial charge in [-0.25, -0.2) is 9.97 Å². The van der Waals surface area contributed by atoms with Crippen LogP contribution in [0.5, 0.6) is 0 Å². The first-order valence-corrected chi connectivity index (χ1v) is 10.5. The molecule has 3 nitrogen and oxygen atoms in total. The van der Waals surface area contributed by atoms with Crippen molar-refractivity contribution in [1.82, 2.24) is 9.97 Å². The van der Waals surface area contributed by atoms with Gasteiger partial charge < -0.3 is 0 Å². The first kappa shape index (κ1) is 19.9. The Labute approximate surface area is 154 Å². The van der Waals surface area contributed by atoms with Gasteiger partial charge in [-0.1, -0.05) is 58.8 Å². The average Bonchev–Trinajstić information content (AvgIpc) is 2.67. The number of nitriles is 1. The van der Waals surface area contributed by atoms with Crippen molar-refractivity contribution in [3.63, 3.8) is 0 Å². The van der Waals surface area contributed by atoms with Crippen molar-refractivity contribution in [3.8, 4) is 6.07 Å². The maximum Gasteiger partial charge on any atom is 0.128 e.